The van der Waals surface area contributed by atoms with Gasteiger partial charge in [0, 0.05) is 23.5 Å². The maximum atomic E-state index is 12.2. The molecule has 0 N–H and O–H groups in total. The number of nitrogens with zero attached hydrogens (tertiary/aromatic N) is 1. The highest BCUT2D eigenvalue weighted by Gasteiger charge is 2.29. The number of rotatable bonds is 2. The van der Waals surface area contributed by atoms with Gasteiger partial charge in [-0.05, 0) is 55.3 Å². The van der Waals surface area contributed by atoms with Crippen LogP contribution in [0.4, 0.5) is 13.2 Å². The van der Waals surface area contributed by atoms with E-state index < -0.39 is 5.51 Å². The van der Waals surface area contributed by atoms with E-state index >= 15 is 0 Å². The van der Waals surface area contributed by atoms with E-state index in [-0.39, 0.29) is 22.6 Å². The summed E-state index contributed by atoms with van der Waals surface area (Å²) >= 11 is -0.168. The molecule has 1 heterocycles. The zero-order chi connectivity index (χ0) is 13.9. The molecule has 104 valence electrons. The summed E-state index contributed by atoms with van der Waals surface area (Å²) in [6.45, 7) is 1.47. The molecule has 0 unspecified atom stereocenters. The lowest BCUT2D eigenvalue weighted by Gasteiger charge is -2.26. The minimum absolute atomic E-state index is 0.0942. The van der Waals surface area contributed by atoms with E-state index in [1.807, 2.05) is 0 Å². The van der Waals surface area contributed by atoms with Crippen LogP contribution in [0, 0.1) is 0 Å². The van der Waals surface area contributed by atoms with Crippen LogP contribution in [0.1, 0.15) is 29.6 Å². The van der Waals surface area contributed by atoms with E-state index in [1.165, 1.54) is 24.3 Å². The minimum Gasteiger partial charge on any atom is -0.339 e. The average molecular weight is 289 g/mol. The monoisotopic (exact) mass is 289 g/mol. The van der Waals surface area contributed by atoms with Gasteiger partial charge in [0.05, 0.1) is 0 Å². The normalized spacial score (nSPS) is 16.5. The molecule has 0 aromatic heterocycles. The van der Waals surface area contributed by atoms with Crippen molar-refractivity contribution in [2.24, 2.45) is 0 Å². The predicted octanol–water partition coefficient (Wildman–Crippen LogP) is 3.92. The number of thioether (sulfide) groups is 1. The summed E-state index contributed by atoms with van der Waals surface area (Å²) in [6.07, 6.45) is 3.12. The second kappa shape index (κ2) is 5.86. The van der Waals surface area contributed by atoms with Crippen molar-refractivity contribution in [3.63, 3.8) is 0 Å². The largest absolute Gasteiger partial charge is 0.446 e. The number of benzene rings is 1. The summed E-state index contributed by atoms with van der Waals surface area (Å²) in [5, 5.41) is 0. The molecule has 1 aromatic carbocycles. The van der Waals surface area contributed by atoms with Gasteiger partial charge in [-0.1, -0.05) is 0 Å². The van der Waals surface area contributed by atoms with E-state index in [0.717, 1.165) is 32.4 Å². The van der Waals surface area contributed by atoms with Crippen LogP contribution >= 0.6 is 11.8 Å². The molecule has 1 saturated heterocycles. The molecule has 1 aromatic rings. The number of halogens is 3. The van der Waals surface area contributed by atoms with E-state index in [9.17, 15) is 18.0 Å². The van der Waals surface area contributed by atoms with Gasteiger partial charge in [0.1, 0.15) is 0 Å². The van der Waals surface area contributed by atoms with Gasteiger partial charge < -0.3 is 4.90 Å². The van der Waals surface area contributed by atoms with Gasteiger partial charge in [-0.15, -0.1) is 0 Å². The quantitative estimate of drug-likeness (QED) is 0.769. The van der Waals surface area contributed by atoms with Crippen LogP contribution in [0.3, 0.4) is 0 Å². The molecule has 0 bridgehead atoms. The number of hydrogen-bond donors (Lipinski definition) is 0. The summed E-state index contributed by atoms with van der Waals surface area (Å²) in [7, 11) is 0. The van der Waals surface area contributed by atoms with Crippen LogP contribution in [0.5, 0.6) is 0 Å². The molecule has 0 radical (unpaired) electrons. The molecule has 0 aliphatic carbocycles. The lowest BCUT2D eigenvalue weighted by atomic mass is 10.1. The van der Waals surface area contributed by atoms with Crippen LogP contribution in [0.25, 0.3) is 0 Å². The molecular formula is C13H14F3NOS. The summed E-state index contributed by atoms with van der Waals surface area (Å²) in [5.74, 6) is -0.0942. The minimum atomic E-state index is -4.29. The van der Waals surface area contributed by atoms with Gasteiger partial charge in [0.15, 0.2) is 0 Å². The number of alkyl halides is 3. The smallest absolute Gasteiger partial charge is 0.339 e. The van der Waals surface area contributed by atoms with Crippen molar-refractivity contribution in [2.45, 2.75) is 29.7 Å². The number of carbonyl (C=O) groups is 1. The lowest BCUT2D eigenvalue weighted by Crippen LogP contribution is -2.35. The third kappa shape index (κ3) is 4.16. The Bertz CT molecular complexity index is 438. The van der Waals surface area contributed by atoms with Gasteiger partial charge >= 0.3 is 5.51 Å². The number of hydrogen-bond acceptors (Lipinski definition) is 2. The maximum Gasteiger partial charge on any atom is 0.446 e. The van der Waals surface area contributed by atoms with Crippen molar-refractivity contribution in [1.82, 2.24) is 4.90 Å². The van der Waals surface area contributed by atoms with Crippen molar-refractivity contribution < 1.29 is 18.0 Å². The first-order valence-electron chi connectivity index (χ1n) is 6.11. The molecule has 0 spiro atoms. The molecule has 2 nitrogen and oxygen atoms in total. The number of likely N-dealkylation sites (tertiary alicyclic amines) is 1. The van der Waals surface area contributed by atoms with Crippen molar-refractivity contribution in [1.29, 1.82) is 0 Å². The third-order valence-electron chi connectivity index (χ3n) is 2.98. The van der Waals surface area contributed by atoms with Gasteiger partial charge in [0.25, 0.3) is 5.91 Å². The highest BCUT2D eigenvalue weighted by atomic mass is 32.2. The Hall–Kier alpha value is -1.17. The fourth-order valence-electron chi connectivity index (χ4n) is 2.08. The van der Waals surface area contributed by atoms with Gasteiger partial charge in [-0.3, -0.25) is 4.79 Å². The lowest BCUT2D eigenvalue weighted by molar-refractivity contribution is -0.0328. The van der Waals surface area contributed by atoms with Crippen LogP contribution < -0.4 is 0 Å². The molecule has 1 aliphatic heterocycles. The van der Waals surface area contributed by atoms with Crippen LogP contribution in [-0.2, 0) is 0 Å². The number of piperidine rings is 1. The molecule has 6 heteroatoms. The zero-order valence-electron chi connectivity index (χ0n) is 10.2. The Labute approximate surface area is 114 Å². The first-order valence-corrected chi connectivity index (χ1v) is 6.92. The Morgan fingerprint density at radius 3 is 2.16 bits per heavy atom. The molecular weight excluding hydrogens is 275 g/mol. The Morgan fingerprint density at radius 2 is 1.63 bits per heavy atom. The second-order valence-corrected chi connectivity index (χ2v) is 5.56. The first-order chi connectivity index (χ1) is 8.96. The van der Waals surface area contributed by atoms with Gasteiger partial charge in [-0.2, -0.15) is 13.2 Å². The molecule has 2 rings (SSSR count). The van der Waals surface area contributed by atoms with Crippen molar-refractivity contribution in [2.75, 3.05) is 13.1 Å². The van der Waals surface area contributed by atoms with Crippen LogP contribution in [0.15, 0.2) is 29.2 Å². The van der Waals surface area contributed by atoms with Gasteiger partial charge in [-0.25, -0.2) is 0 Å². The number of amides is 1. The Kier molecular flexibility index (Phi) is 4.39. The fourth-order valence-corrected chi connectivity index (χ4v) is 2.62. The predicted molar refractivity (Wildman–Crippen MR) is 68.1 cm³/mol. The van der Waals surface area contributed by atoms with Crippen molar-refractivity contribution in [3.8, 4) is 0 Å². The first kappa shape index (κ1) is 14.2. The van der Waals surface area contributed by atoms with E-state index in [1.54, 1.807) is 4.90 Å². The zero-order valence-corrected chi connectivity index (χ0v) is 11.1. The van der Waals surface area contributed by atoms with Crippen LogP contribution in [-0.4, -0.2) is 29.4 Å². The van der Waals surface area contributed by atoms with Crippen molar-refractivity contribution in [3.05, 3.63) is 29.8 Å². The maximum absolute atomic E-state index is 12.2. The van der Waals surface area contributed by atoms with E-state index in [2.05, 4.69) is 0 Å². The molecule has 19 heavy (non-hydrogen) atoms. The highest BCUT2D eigenvalue weighted by molar-refractivity contribution is 8.00. The SMILES string of the molecule is O=C(c1ccc(SC(F)(F)F)cc1)N1CCCCC1. The van der Waals surface area contributed by atoms with E-state index in [4.69, 9.17) is 0 Å². The number of carbonyl (C=O) groups excluding carboxylic acids is 1. The summed E-state index contributed by atoms with van der Waals surface area (Å²) in [4.78, 5) is 14.0. The molecule has 0 atom stereocenters. The standard InChI is InChI=1S/C13H14F3NOS/c14-13(15,16)19-11-6-4-10(5-7-11)12(18)17-8-2-1-3-9-17/h4-7H,1-3,8-9H2. The van der Waals surface area contributed by atoms with Gasteiger partial charge in [0.2, 0.25) is 0 Å². The Balaban J connectivity index is 2.03. The Morgan fingerprint density at radius 1 is 1.05 bits per heavy atom. The molecule has 0 saturated carbocycles. The third-order valence-corrected chi connectivity index (χ3v) is 3.72. The van der Waals surface area contributed by atoms with Crippen LogP contribution in [0.2, 0.25) is 0 Å². The average Bonchev–Trinajstić information content (AvgIpc) is 2.38. The summed E-state index contributed by atoms with van der Waals surface area (Å²) in [6, 6.07) is 5.61. The topological polar surface area (TPSA) is 20.3 Å². The summed E-state index contributed by atoms with van der Waals surface area (Å²) < 4.78 is 36.5. The van der Waals surface area contributed by atoms with E-state index in [0.29, 0.717) is 5.56 Å². The molecule has 1 aliphatic rings. The van der Waals surface area contributed by atoms with Crippen molar-refractivity contribution >= 4 is 17.7 Å². The molecule has 1 amide bonds. The second-order valence-electron chi connectivity index (χ2n) is 4.43. The summed E-state index contributed by atoms with van der Waals surface area (Å²) in [5.41, 5.74) is -3.84. The highest BCUT2D eigenvalue weighted by Crippen LogP contribution is 2.36. The fraction of sp³-hybridized carbons (Fsp3) is 0.462. The molecule has 1 fully saturated rings.